The number of nitrogens with one attached hydrogen (secondary N) is 1. The molecule has 0 saturated carbocycles. The summed E-state index contributed by atoms with van der Waals surface area (Å²) < 4.78 is 13.0. The first kappa shape index (κ1) is 17.9. The van der Waals surface area contributed by atoms with E-state index in [2.05, 4.69) is 22.0 Å². The van der Waals surface area contributed by atoms with Crippen molar-refractivity contribution in [2.24, 2.45) is 11.3 Å². The third-order valence-electron chi connectivity index (χ3n) is 6.85. The molecule has 4 fully saturated rings. The number of carbonyl (C=O) groups excluding carboxylic acids is 1. The predicted molar refractivity (Wildman–Crippen MR) is 100 cm³/mol. The van der Waals surface area contributed by atoms with Crippen molar-refractivity contribution in [1.29, 1.82) is 0 Å². The van der Waals surface area contributed by atoms with Gasteiger partial charge >= 0.3 is 0 Å². The molecule has 4 aliphatic rings. The third-order valence-corrected chi connectivity index (χ3v) is 6.85. The highest BCUT2D eigenvalue weighted by Gasteiger charge is 2.47. The average Bonchev–Trinajstić information content (AvgIpc) is 3.09. The Morgan fingerprint density at radius 1 is 1.19 bits per heavy atom. The van der Waals surface area contributed by atoms with Gasteiger partial charge in [-0.2, -0.15) is 0 Å². The predicted octanol–water partition coefficient (Wildman–Crippen LogP) is 2.29. The summed E-state index contributed by atoms with van der Waals surface area (Å²) in [7, 11) is 0. The van der Waals surface area contributed by atoms with Gasteiger partial charge in [0.25, 0.3) is 0 Å². The van der Waals surface area contributed by atoms with Gasteiger partial charge in [0.15, 0.2) is 0 Å². The largest absolute Gasteiger partial charge is 0.352 e. The molecule has 1 N–H and O–H groups in total. The van der Waals surface area contributed by atoms with Crippen molar-refractivity contribution in [2.75, 3.05) is 39.3 Å². The van der Waals surface area contributed by atoms with Gasteiger partial charge in [0.2, 0.25) is 5.91 Å². The van der Waals surface area contributed by atoms with Gasteiger partial charge in [0, 0.05) is 32.2 Å². The normalized spacial score (nSPS) is 34.2. The number of halogens is 1. The number of nitrogens with zero attached hydrogens (tertiary/aromatic N) is 2. The maximum absolute atomic E-state index is 13.0. The van der Waals surface area contributed by atoms with E-state index in [1.54, 1.807) is 0 Å². The van der Waals surface area contributed by atoms with Crippen LogP contribution in [0, 0.1) is 17.2 Å². The van der Waals surface area contributed by atoms with E-state index in [4.69, 9.17) is 0 Å². The summed E-state index contributed by atoms with van der Waals surface area (Å²) in [5.74, 6) is 0.236. The van der Waals surface area contributed by atoms with Crippen molar-refractivity contribution < 1.29 is 9.18 Å². The Kier molecular flexibility index (Phi) is 5.02. The van der Waals surface area contributed by atoms with Crippen LogP contribution < -0.4 is 5.32 Å². The molecule has 2 bridgehead atoms. The number of piperidine rings is 3. The smallest absolute Gasteiger partial charge is 0.225 e. The molecule has 2 atom stereocenters. The van der Waals surface area contributed by atoms with Crippen molar-refractivity contribution >= 4 is 5.91 Å². The lowest BCUT2D eigenvalue weighted by Gasteiger charge is -2.51. The maximum atomic E-state index is 13.0. The van der Waals surface area contributed by atoms with Gasteiger partial charge in [0.1, 0.15) is 5.82 Å². The van der Waals surface area contributed by atoms with E-state index in [0.29, 0.717) is 0 Å². The van der Waals surface area contributed by atoms with Gasteiger partial charge in [-0.25, -0.2) is 4.39 Å². The molecule has 4 aliphatic heterocycles. The zero-order valence-electron chi connectivity index (χ0n) is 15.7. The Hall–Kier alpha value is -1.46. The number of carbonyl (C=O) groups is 1. The third kappa shape index (κ3) is 3.79. The van der Waals surface area contributed by atoms with Gasteiger partial charge in [-0.3, -0.25) is 4.79 Å². The Labute approximate surface area is 155 Å². The van der Waals surface area contributed by atoms with Crippen LogP contribution in [-0.4, -0.2) is 61.0 Å². The van der Waals surface area contributed by atoms with Gasteiger partial charge in [-0.1, -0.05) is 19.1 Å². The molecule has 0 aromatic heterocycles. The highest BCUT2D eigenvalue weighted by Crippen LogP contribution is 2.43. The molecular formula is C21H30FN3O. The summed E-state index contributed by atoms with van der Waals surface area (Å²) in [5.41, 5.74) is 1.36. The first-order valence-corrected chi connectivity index (χ1v) is 10.0. The highest BCUT2D eigenvalue weighted by molar-refractivity contribution is 5.80. The van der Waals surface area contributed by atoms with Crippen molar-refractivity contribution in [2.45, 2.75) is 38.6 Å². The van der Waals surface area contributed by atoms with E-state index in [1.165, 1.54) is 17.7 Å². The first-order valence-electron chi connectivity index (χ1n) is 10.0. The van der Waals surface area contributed by atoms with E-state index in [1.807, 2.05) is 12.1 Å². The van der Waals surface area contributed by atoms with Crippen LogP contribution in [0.3, 0.4) is 0 Å². The zero-order valence-corrected chi connectivity index (χ0v) is 15.7. The molecule has 142 valence electrons. The molecule has 26 heavy (non-hydrogen) atoms. The fourth-order valence-corrected chi connectivity index (χ4v) is 4.87. The number of amides is 1. The number of fused-ring (bicyclic) bond motifs is 3. The van der Waals surface area contributed by atoms with E-state index in [0.717, 1.165) is 65.0 Å². The van der Waals surface area contributed by atoms with Crippen LogP contribution in [0.15, 0.2) is 24.3 Å². The Bertz CT molecular complexity index is 639. The molecule has 1 aromatic carbocycles. The molecule has 1 aromatic rings. The molecular weight excluding hydrogens is 329 g/mol. The zero-order chi connectivity index (χ0) is 18.1. The number of benzene rings is 1. The molecule has 0 radical (unpaired) electrons. The van der Waals surface area contributed by atoms with E-state index >= 15 is 0 Å². The minimum absolute atomic E-state index is 0.151. The lowest BCUT2D eigenvalue weighted by molar-refractivity contribution is -0.137. The number of likely N-dealkylation sites (tertiary alicyclic amines) is 1. The summed E-state index contributed by atoms with van der Waals surface area (Å²) in [6.45, 7) is 8.47. The second-order valence-corrected chi connectivity index (χ2v) is 8.68. The number of rotatable bonds is 5. The molecule has 1 unspecified atom stereocenters. The monoisotopic (exact) mass is 359 g/mol. The van der Waals surface area contributed by atoms with Crippen LogP contribution in [0.5, 0.6) is 0 Å². The topological polar surface area (TPSA) is 35.6 Å². The van der Waals surface area contributed by atoms with Crippen molar-refractivity contribution in [3.8, 4) is 0 Å². The molecule has 5 rings (SSSR count). The van der Waals surface area contributed by atoms with Crippen LogP contribution in [0.25, 0.3) is 0 Å². The summed E-state index contributed by atoms with van der Waals surface area (Å²) in [4.78, 5) is 17.7. The Morgan fingerprint density at radius 3 is 2.62 bits per heavy atom. The fraction of sp³-hybridized carbons (Fsp3) is 0.667. The Balaban J connectivity index is 1.25. The quantitative estimate of drug-likeness (QED) is 0.876. The summed E-state index contributed by atoms with van der Waals surface area (Å²) in [5, 5.41) is 3.34. The van der Waals surface area contributed by atoms with Crippen LogP contribution in [0.2, 0.25) is 0 Å². The summed E-state index contributed by atoms with van der Waals surface area (Å²) in [6.07, 6.45) is 4.26. The minimum atomic E-state index is -0.181. The number of hydrogen-bond acceptors (Lipinski definition) is 3. The lowest BCUT2D eigenvalue weighted by atomic mass is 9.66. The van der Waals surface area contributed by atoms with Gasteiger partial charge in [-0.15, -0.1) is 0 Å². The van der Waals surface area contributed by atoms with Crippen molar-refractivity contribution in [1.82, 2.24) is 15.1 Å². The molecule has 1 amide bonds. The van der Waals surface area contributed by atoms with E-state index < -0.39 is 0 Å². The fourth-order valence-electron chi connectivity index (χ4n) is 4.87. The van der Waals surface area contributed by atoms with Crippen LogP contribution in [0.4, 0.5) is 4.39 Å². The van der Waals surface area contributed by atoms with Crippen LogP contribution in [-0.2, 0) is 11.2 Å². The minimum Gasteiger partial charge on any atom is -0.352 e. The molecule has 4 heterocycles. The first-order chi connectivity index (χ1) is 12.5. The summed E-state index contributed by atoms with van der Waals surface area (Å²) in [6, 6.07) is 7.04. The second-order valence-electron chi connectivity index (χ2n) is 8.68. The molecule has 0 spiro atoms. The van der Waals surface area contributed by atoms with Gasteiger partial charge in [0.05, 0.1) is 5.92 Å². The Morgan fingerprint density at radius 2 is 1.92 bits per heavy atom. The van der Waals surface area contributed by atoms with E-state index in [9.17, 15) is 9.18 Å². The molecule has 5 heteroatoms. The molecule has 4 nitrogen and oxygen atoms in total. The van der Waals surface area contributed by atoms with Crippen molar-refractivity contribution in [3.63, 3.8) is 0 Å². The van der Waals surface area contributed by atoms with Crippen molar-refractivity contribution in [3.05, 3.63) is 35.6 Å². The second kappa shape index (κ2) is 7.28. The molecule has 4 saturated heterocycles. The van der Waals surface area contributed by atoms with E-state index in [-0.39, 0.29) is 29.1 Å². The van der Waals surface area contributed by atoms with Crippen LogP contribution in [0.1, 0.15) is 31.7 Å². The van der Waals surface area contributed by atoms with Gasteiger partial charge < -0.3 is 15.1 Å². The number of hydrogen-bond donors (Lipinski definition) is 1. The molecule has 0 aliphatic carbocycles. The van der Waals surface area contributed by atoms with Gasteiger partial charge in [-0.05, 0) is 61.9 Å². The summed E-state index contributed by atoms with van der Waals surface area (Å²) >= 11 is 0. The standard InChI is InChI=1S/C21H30FN3O/c1-21-8-12-25(13-9-21)15-19(21)20(26)23-18-7-11-24(14-18)10-6-16-2-4-17(22)5-3-16/h2-5,18-19H,6-15H2,1H3,(H,23,26)/t18-,19?/m0/s1. The van der Waals surface area contributed by atoms with Crippen LogP contribution >= 0.6 is 0 Å². The lowest BCUT2D eigenvalue weighted by Crippen LogP contribution is -2.58. The maximum Gasteiger partial charge on any atom is 0.225 e. The SMILES string of the molecule is CC12CCN(CC1)CC2C(=O)N[C@H]1CCN(CCc2ccc(F)cc2)C1. The average molecular weight is 359 g/mol. The highest BCUT2D eigenvalue weighted by atomic mass is 19.1.